The molecule has 1 amide bonds. The second kappa shape index (κ2) is 7.01. The number of hydrogen-bond donors (Lipinski definition) is 2. The van der Waals surface area contributed by atoms with Crippen molar-refractivity contribution in [3.63, 3.8) is 0 Å². The fraction of sp³-hybridized carbons (Fsp3) is 0.500. The molecule has 98 valence electrons. The topological polar surface area (TPSA) is 50.4 Å². The van der Waals surface area contributed by atoms with Gasteiger partial charge in [-0.25, -0.2) is 4.79 Å². The van der Waals surface area contributed by atoms with Crippen molar-refractivity contribution in [3.8, 4) is 0 Å². The van der Waals surface area contributed by atoms with Gasteiger partial charge in [0, 0.05) is 12.6 Å². The molecule has 0 unspecified atom stereocenters. The first-order valence-corrected chi connectivity index (χ1v) is 6.52. The standard InChI is InChI=1S/C14H20N2O2/c17-14(16-13-7-8-13)18-10-4-9-15-11-12-5-2-1-3-6-12/h1-3,5-6,13,15H,4,7-11H2,(H,16,17). The Morgan fingerprint density at radius 3 is 2.78 bits per heavy atom. The van der Waals surface area contributed by atoms with Crippen LogP contribution in [0.15, 0.2) is 30.3 Å². The summed E-state index contributed by atoms with van der Waals surface area (Å²) in [5.74, 6) is 0. The van der Waals surface area contributed by atoms with Crippen molar-refractivity contribution < 1.29 is 9.53 Å². The third kappa shape index (κ3) is 5.19. The number of rotatable bonds is 7. The average Bonchev–Trinajstić information content (AvgIpc) is 3.19. The fourth-order valence-electron chi connectivity index (χ4n) is 1.63. The lowest BCUT2D eigenvalue weighted by molar-refractivity contribution is 0.144. The molecule has 2 rings (SSSR count). The predicted molar refractivity (Wildman–Crippen MR) is 70.3 cm³/mol. The molecule has 1 aromatic rings. The van der Waals surface area contributed by atoms with Crippen LogP contribution in [-0.4, -0.2) is 25.3 Å². The molecule has 0 heterocycles. The van der Waals surface area contributed by atoms with E-state index < -0.39 is 0 Å². The van der Waals surface area contributed by atoms with Gasteiger partial charge in [0.15, 0.2) is 0 Å². The van der Waals surface area contributed by atoms with Crippen molar-refractivity contribution in [1.82, 2.24) is 10.6 Å². The highest BCUT2D eigenvalue weighted by molar-refractivity contribution is 5.67. The van der Waals surface area contributed by atoms with Gasteiger partial charge in [-0.15, -0.1) is 0 Å². The second-order valence-electron chi connectivity index (χ2n) is 4.57. The van der Waals surface area contributed by atoms with Crippen molar-refractivity contribution in [1.29, 1.82) is 0 Å². The Kier molecular flexibility index (Phi) is 5.02. The van der Waals surface area contributed by atoms with E-state index in [-0.39, 0.29) is 6.09 Å². The van der Waals surface area contributed by atoms with Gasteiger partial charge in [0.05, 0.1) is 6.61 Å². The van der Waals surface area contributed by atoms with Gasteiger partial charge in [0.25, 0.3) is 0 Å². The van der Waals surface area contributed by atoms with Gasteiger partial charge in [-0.3, -0.25) is 0 Å². The van der Waals surface area contributed by atoms with Gasteiger partial charge in [0.2, 0.25) is 0 Å². The minimum atomic E-state index is -0.277. The molecule has 4 nitrogen and oxygen atoms in total. The lowest BCUT2D eigenvalue weighted by atomic mass is 10.2. The first-order valence-electron chi connectivity index (χ1n) is 6.52. The average molecular weight is 248 g/mol. The van der Waals surface area contributed by atoms with Gasteiger partial charge in [0.1, 0.15) is 0 Å². The number of amides is 1. The van der Waals surface area contributed by atoms with E-state index >= 15 is 0 Å². The van der Waals surface area contributed by atoms with Crippen molar-refractivity contribution >= 4 is 6.09 Å². The Bertz CT molecular complexity index is 363. The van der Waals surface area contributed by atoms with Crippen LogP contribution in [0.2, 0.25) is 0 Å². The fourth-order valence-corrected chi connectivity index (χ4v) is 1.63. The van der Waals surface area contributed by atoms with E-state index in [9.17, 15) is 4.79 Å². The summed E-state index contributed by atoms with van der Waals surface area (Å²) >= 11 is 0. The zero-order valence-electron chi connectivity index (χ0n) is 10.5. The molecule has 1 fully saturated rings. The van der Waals surface area contributed by atoms with Crippen molar-refractivity contribution in [2.75, 3.05) is 13.2 Å². The summed E-state index contributed by atoms with van der Waals surface area (Å²) in [7, 11) is 0. The molecule has 2 N–H and O–H groups in total. The molecule has 0 bridgehead atoms. The van der Waals surface area contributed by atoms with Gasteiger partial charge < -0.3 is 15.4 Å². The van der Waals surface area contributed by atoms with Crippen LogP contribution < -0.4 is 10.6 Å². The number of carbonyl (C=O) groups excluding carboxylic acids is 1. The molecule has 0 spiro atoms. The largest absolute Gasteiger partial charge is 0.450 e. The SMILES string of the molecule is O=C(NC1CC1)OCCCNCc1ccccc1. The Labute approximate surface area is 108 Å². The maximum atomic E-state index is 11.2. The molecule has 1 saturated carbocycles. The third-order valence-corrected chi connectivity index (χ3v) is 2.80. The summed E-state index contributed by atoms with van der Waals surface area (Å²) < 4.78 is 5.06. The molecular weight excluding hydrogens is 228 g/mol. The number of benzene rings is 1. The maximum absolute atomic E-state index is 11.2. The van der Waals surface area contributed by atoms with Crippen LogP contribution in [0, 0.1) is 0 Å². The van der Waals surface area contributed by atoms with Crippen LogP contribution in [0.3, 0.4) is 0 Å². The monoisotopic (exact) mass is 248 g/mol. The minimum absolute atomic E-state index is 0.277. The highest BCUT2D eigenvalue weighted by Crippen LogP contribution is 2.18. The summed E-state index contributed by atoms with van der Waals surface area (Å²) in [5.41, 5.74) is 1.27. The lowest BCUT2D eigenvalue weighted by Crippen LogP contribution is -2.27. The van der Waals surface area contributed by atoms with Gasteiger partial charge in [-0.1, -0.05) is 30.3 Å². The molecule has 1 aromatic carbocycles. The molecule has 0 atom stereocenters. The molecular formula is C14H20N2O2. The van der Waals surface area contributed by atoms with E-state index in [4.69, 9.17) is 4.74 Å². The van der Waals surface area contributed by atoms with Gasteiger partial charge in [-0.2, -0.15) is 0 Å². The zero-order valence-corrected chi connectivity index (χ0v) is 10.5. The van der Waals surface area contributed by atoms with E-state index in [0.29, 0.717) is 12.6 Å². The quantitative estimate of drug-likeness (QED) is 0.726. The summed E-state index contributed by atoms with van der Waals surface area (Å²) in [5, 5.41) is 6.11. The highest BCUT2D eigenvalue weighted by Gasteiger charge is 2.23. The number of nitrogens with one attached hydrogen (secondary N) is 2. The Hall–Kier alpha value is -1.55. The molecule has 1 aliphatic carbocycles. The van der Waals surface area contributed by atoms with Crippen LogP contribution in [0.5, 0.6) is 0 Å². The van der Waals surface area contributed by atoms with Crippen LogP contribution >= 0.6 is 0 Å². The summed E-state index contributed by atoms with van der Waals surface area (Å²) in [6, 6.07) is 10.6. The first-order chi connectivity index (χ1) is 8.84. The number of alkyl carbamates (subject to hydrolysis) is 1. The number of hydrogen-bond acceptors (Lipinski definition) is 3. The van der Waals surface area contributed by atoms with Crippen LogP contribution in [0.1, 0.15) is 24.8 Å². The lowest BCUT2D eigenvalue weighted by Gasteiger charge is -2.07. The number of carbonyl (C=O) groups is 1. The van der Waals surface area contributed by atoms with Gasteiger partial charge in [-0.05, 0) is 31.4 Å². The maximum Gasteiger partial charge on any atom is 0.407 e. The van der Waals surface area contributed by atoms with Gasteiger partial charge >= 0.3 is 6.09 Å². The van der Waals surface area contributed by atoms with E-state index in [1.54, 1.807) is 0 Å². The predicted octanol–water partition coefficient (Wildman–Crippen LogP) is 2.05. The van der Waals surface area contributed by atoms with Crippen molar-refractivity contribution in [2.45, 2.75) is 31.8 Å². The third-order valence-electron chi connectivity index (χ3n) is 2.80. The van der Waals surface area contributed by atoms with Crippen molar-refractivity contribution in [3.05, 3.63) is 35.9 Å². The van der Waals surface area contributed by atoms with E-state index in [1.165, 1.54) is 5.56 Å². The smallest absolute Gasteiger partial charge is 0.407 e. The van der Waals surface area contributed by atoms with Crippen LogP contribution in [-0.2, 0) is 11.3 Å². The van der Waals surface area contributed by atoms with E-state index in [0.717, 1.165) is 32.4 Å². The molecule has 0 aliphatic heterocycles. The van der Waals surface area contributed by atoms with E-state index in [2.05, 4.69) is 22.8 Å². The molecule has 1 aliphatic rings. The molecule has 4 heteroatoms. The second-order valence-corrected chi connectivity index (χ2v) is 4.57. The summed E-state index contributed by atoms with van der Waals surface area (Å²) in [6.45, 7) is 2.18. The Morgan fingerprint density at radius 1 is 1.28 bits per heavy atom. The van der Waals surface area contributed by atoms with Crippen LogP contribution in [0.25, 0.3) is 0 Å². The normalized spacial score (nSPS) is 14.2. The minimum Gasteiger partial charge on any atom is -0.450 e. The summed E-state index contributed by atoms with van der Waals surface area (Å²) in [6.07, 6.45) is 2.74. The Balaban J connectivity index is 1.45. The molecule has 0 saturated heterocycles. The highest BCUT2D eigenvalue weighted by atomic mass is 16.5. The number of ether oxygens (including phenoxy) is 1. The van der Waals surface area contributed by atoms with Crippen molar-refractivity contribution in [2.24, 2.45) is 0 Å². The Morgan fingerprint density at radius 2 is 2.06 bits per heavy atom. The molecule has 0 aromatic heterocycles. The van der Waals surface area contributed by atoms with E-state index in [1.807, 2.05) is 18.2 Å². The summed E-state index contributed by atoms with van der Waals surface area (Å²) in [4.78, 5) is 11.2. The zero-order chi connectivity index (χ0) is 12.6. The molecule has 0 radical (unpaired) electrons. The first kappa shape index (κ1) is 12.9. The van der Waals surface area contributed by atoms with Crippen LogP contribution in [0.4, 0.5) is 4.79 Å². The molecule has 18 heavy (non-hydrogen) atoms.